The summed E-state index contributed by atoms with van der Waals surface area (Å²) in [5, 5.41) is 17.7. The van der Waals surface area contributed by atoms with Gasteiger partial charge in [0.25, 0.3) is 0 Å². The molecule has 24 nitrogen and oxygen atoms in total. The first-order chi connectivity index (χ1) is 66.9. The van der Waals surface area contributed by atoms with Gasteiger partial charge in [0, 0.05) is 137 Å². The normalized spacial score (nSPS) is 15.7. The number of furan rings is 4. The van der Waals surface area contributed by atoms with E-state index in [1.165, 1.54) is 12.1 Å². The van der Waals surface area contributed by atoms with Gasteiger partial charge in [0.2, 0.25) is 11.8 Å². The Kier molecular flexibility index (Phi) is 36.1. The highest BCUT2D eigenvalue weighted by Gasteiger charge is 2.52. The molecule has 10 aromatic carbocycles. The maximum Gasteiger partial charge on any atom is 0.494 e. The number of nitrogen functional groups attached to an aromatic ring is 2. The van der Waals surface area contributed by atoms with Gasteiger partial charge in [0.1, 0.15) is 62.3 Å². The van der Waals surface area contributed by atoms with Crippen LogP contribution >= 0.6 is 51.5 Å². The van der Waals surface area contributed by atoms with Gasteiger partial charge in [-0.05, 0) is 290 Å². The summed E-state index contributed by atoms with van der Waals surface area (Å²) >= 11 is 15.1. The van der Waals surface area contributed by atoms with Crippen LogP contribution in [-0.2, 0) is 94.8 Å². The van der Waals surface area contributed by atoms with Gasteiger partial charge in [0.05, 0.1) is 50.8 Å². The quantitative estimate of drug-likeness (QED) is 0.0167. The van der Waals surface area contributed by atoms with Gasteiger partial charge in [-0.3, -0.25) is 19.2 Å². The zero-order chi connectivity index (χ0) is 101. The standard InChI is InChI=1S/C35H36ClFN2O5.C30H28ClFN2O3.C20H22N2O3.C18H28BNO4.C8H6BrNO.ClH/c1-35(2,3)44-34(42)39-19-21-7-4-8-23(15-21)28-17-22(16-24-13-14-43-32(24)28)18-30(40)26-10-6-11-27(26)33(41)38-20-25-9-5-12-29(36)31(25)37;31-26-9-2-6-22(28(26)32)17-34-30(36)24-8-3-7-23(24)27(35)15-19-13-21-10-11-37-29(21)25(14-19)20-5-1-4-18(12-20)16-33;1-20(2,3)25-19(23)22-12-13-5-4-6-14(9-13)17-11-16(21)10-15-7-8-24-18(15)17;1-16(2,3)22-15(21)20-12-13-9-8-10-14(11-13)19-23-17(4,5)18(6,7)24-19;9-7-4-6(10)3-5-1-2-11-8(5)7;/h4-5,7-9,12-17,26-27H,6,10-11,18-20H2,1-3H3,(H,38,41)(H,39,42);1-2,4-6,9-14,23-24H,3,7-8,15-17,33H2,(H,34,36);4-11H,12,21H2,1-3H3,(H,22,23);8-11H,12H2,1-7H3,(H,20,21);1-4H,10H2;1H/t26-,27-;23-,24-;;;;/m11..../s1. The third-order valence-electron chi connectivity index (χ3n) is 24.5. The summed E-state index contributed by atoms with van der Waals surface area (Å²) < 4.78 is 79.8. The number of nitrogens with one attached hydrogen (secondary N) is 5. The lowest BCUT2D eigenvalue weighted by Crippen LogP contribution is -2.41. The van der Waals surface area contributed by atoms with E-state index in [9.17, 15) is 42.3 Å². The maximum absolute atomic E-state index is 14.3. The molecule has 0 bridgehead atoms. The Morgan fingerprint density at radius 1 is 0.408 bits per heavy atom. The van der Waals surface area contributed by atoms with Crippen LogP contribution in [0.15, 0.2) is 253 Å². The average Bonchev–Trinajstić information content (AvgIpc) is 1.61. The summed E-state index contributed by atoms with van der Waals surface area (Å²) in [4.78, 5) is 88.8. The lowest BCUT2D eigenvalue weighted by atomic mass is 9.78. The number of ketones is 2. The topological polar surface area (TPSA) is 356 Å². The molecule has 5 amide bonds. The van der Waals surface area contributed by atoms with Crippen LogP contribution in [0.2, 0.25) is 10.0 Å². The fraction of sp³-hybridized carbons (Fsp3) is 0.324. The second-order valence-electron chi connectivity index (χ2n) is 39.4. The maximum atomic E-state index is 14.3. The van der Waals surface area contributed by atoms with Crippen molar-refractivity contribution in [2.45, 2.75) is 209 Å². The Morgan fingerprint density at radius 3 is 1.15 bits per heavy atom. The molecule has 5 heterocycles. The molecule has 17 rings (SSSR count). The van der Waals surface area contributed by atoms with Crippen LogP contribution in [0.1, 0.15) is 173 Å². The Morgan fingerprint density at radius 2 is 0.746 bits per heavy atom. The molecule has 2 saturated carbocycles. The zero-order valence-corrected chi connectivity index (χ0v) is 85.7. The lowest BCUT2D eigenvalue weighted by molar-refractivity contribution is -0.132. The predicted octanol–water partition coefficient (Wildman–Crippen LogP) is 24.9. The van der Waals surface area contributed by atoms with Crippen LogP contribution in [0.5, 0.6) is 0 Å². The van der Waals surface area contributed by atoms with Gasteiger partial charge in [-0.15, -0.1) is 12.4 Å². The number of alkyl carbamates (subject to hydrolysis) is 3. The monoisotopic (exact) mass is 2050 g/mol. The average molecular weight is 2060 g/mol. The molecule has 4 atom stereocenters. The molecule has 11 N–H and O–H groups in total. The molecular formula is C111H121BBrCl3F2N8O16. The Labute approximate surface area is 850 Å². The summed E-state index contributed by atoms with van der Waals surface area (Å²) in [6.07, 6.45) is 9.73. The summed E-state index contributed by atoms with van der Waals surface area (Å²) in [5.74, 6) is -3.18. The van der Waals surface area contributed by atoms with Gasteiger partial charge in [0.15, 0.2) is 0 Å². The molecule has 0 unspecified atom stereocenters. The number of Topliss-reactive ketones (excluding diaryl/α,β-unsaturated/α-hetero) is 2. The van der Waals surface area contributed by atoms with Crippen molar-refractivity contribution in [3.05, 3.63) is 302 Å². The van der Waals surface area contributed by atoms with Gasteiger partial charge in [-0.2, -0.15) is 0 Å². The highest BCUT2D eigenvalue weighted by molar-refractivity contribution is 9.10. The zero-order valence-electron chi connectivity index (χ0n) is 81.8. The molecule has 0 spiro atoms. The molecule has 31 heteroatoms. The highest BCUT2D eigenvalue weighted by atomic mass is 79.9. The number of benzene rings is 10. The minimum Gasteiger partial charge on any atom is -0.464 e. The van der Waals surface area contributed by atoms with Crippen molar-refractivity contribution in [2.24, 2.45) is 29.4 Å². The van der Waals surface area contributed by atoms with E-state index in [2.05, 4.69) is 42.5 Å². The number of carbonyl (C=O) groups is 7. The Hall–Kier alpha value is -12.8. The van der Waals surface area contributed by atoms with Gasteiger partial charge < -0.3 is 85.0 Å². The SMILES string of the molecule is CC(C)(C)OC(=O)NCc1cccc(-c2cc(CC(=O)[C@@H]3CCC[C@H]3C(=O)NCc3cccc(Cl)c3F)cc3ccoc23)c1.CC(C)(C)OC(=O)NCc1cccc(-c2cc(N)cc3ccoc23)c1.CC(C)(C)OC(=O)NCc1cccc(B2OC(C)(C)C(C)(C)O2)c1.Cl.NCc1cccc(-c2cc(CC(=O)[C@@H]3CCC[C@H]3C(=O)NCc3cccc(Cl)c3F)cc3ccoc23)c1.Nc1cc(Br)c2occc2c1. The van der Waals surface area contributed by atoms with Crippen molar-refractivity contribution in [1.29, 1.82) is 0 Å². The molecule has 3 fully saturated rings. The third-order valence-corrected chi connectivity index (χ3v) is 25.7. The minimum absolute atomic E-state index is 0. The van der Waals surface area contributed by atoms with Crippen LogP contribution in [0, 0.1) is 35.3 Å². The summed E-state index contributed by atoms with van der Waals surface area (Å²) in [6, 6.07) is 63.7. The largest absolute Gasteiger partial charge is 0.494 e. The lowest BCUT2D eigenvalue weighted by Gasteiger charge is -2.32. The van der Waals surface area contributed by atoms with Gasteiger partial charge >= 0.3 is 25.4 Å². The van der Waals surface area contributed by atoms with Crippen molar-refractivity contribution in [2.75, 3.05) is 11.5 Å². The summed E-state index contributed by atoms with van der Waals surface area (Å²) in [7, 11) is -0.406. The number of halogens is 6. The number of carbonyl (C=O) groups excluding carboxylic acids is 7. The van der Waals surface area contributed by atoms with Crippen LogP contribution < -0.4 is 49.2 Å². The highest BCUT2D eigenvalue weighted by Crippen LogP contribution is 2.42. The van der Waals surface area contributed by atoms with Crippen molar-refractivity contribution in [3.8, 4) is 33.4 Å². The van der Waals surface area contributed by atoms with Crippen molar-refractivity contribution < 1.29 is 83.5 Å². The van der Waals surface area contributed by atoms with Gasteiger partial charge in [-0.1, -0.05) is 139 Å². The number of hydrogen-bond donors (Lipinski definition) is 8. The molecular weight excluding hydrogens is 1940 g/mol. The number of fused-ring (bicyclic) bond motifs is 4. The molecule has 3 aliphatic rings. The fourth-order valence-corrected chi connectivity index (χ4v) is 18.1. The van der Waals surface area contributed by atoms with Crippen LogP contribution in [0.3, 0.4) is 0 Å². The molecule has 142 heavy (non-hydrogen) atoms. The van der Waals surface area contributed by atoms with E-state index in [1.54, 1.807) is 49.3 Å². The first-order valence-corrected chi connectivity index (χ1v) is 48.4. The summed E-state index contributed by atoms with van der Waals surface area (Å²) in [5.41, 5.74) is 32.2. The minimum atomic E-state index is -0.590. The molecule has 1 aliphatic heterocycles. The number of rotatable bonds is 23. The Bertz CT molecular complexity index is 6840. The number of anilines is 2. The smallest absolute Gasteiger partial charge is 0.464 e. The van der Waals surface area contributed by atoms with Crippen LogP contribution in [0.4, 0.5) is 34.5 Å². The molecule has 0 radical (unpaired) electrons. The number of nitrogens with two attached hydrogens (primary N) is 3. The van der Waals surface area contributed by atoms with E-state index in [0.29, 0.717) is 67.7 Å². The fourth-order valence-electron chi connectivity index (χ4n) is 17.1. The van der Waals surface area contributed by atoms with E-state index in [1.807, 2.05) is 260 Å². The van der Waals surface area contributed by atoms with Crippen molar-refractivity contribution in [3.63, 3.8) is 0 Å². The van der Waals surface area contributed by atoms with E-state index >= 15 is 0 Å². The third kappa shape index (κ3) is 29.0. The first-order valence-electron chi connectivity index (χ1n) is 46.9. The van der Waals surface area contributed by atoms with E-state index in [4.69, 9.17) is 81.6 Å². The number of amides is 5. The Balaban J connectivity index is 0.000000166. The van der Waals surface area contributed by atoms with Crippen molar-refractivity contribution in [1.82, 2.24) is 26.6 Å². The molecule has 2 aliphatic carbocycles. The first kappa shape index (κ1) is 108. The number of hydrogen-bond acceptors (Lipinski definition) is 19. The van der Waals surface area contributed by atoms with E-state index < -0.39 is 71.6 Å². The predicted molar refractivity (Wildman–Crippen MR) is 560 cm³/mol. The molecule has 746 valence electrons. The van der Waals surface area contributed by atoms with Crippen LogP contribution in [0.25, 0.3) is 77.3 Å². The summed E-state index contributed by atoms with van der Waals surface area (Å²) in [6.45, 7) is 26.1. The van der Waals surface area contributed by atoms with E-state index in [-0.39, 0.29) is 95.4 Å². The van der Waals surface area contributed by atoms with E-state index in [0.717, 1.165) is 134 Å². The van der Waals surface area contributed by atoms with Crippen molar-refractivity contribution >= 4 is 161 Å². The number of ether oxygens (including phenoxy) is 3. The second kappa shape index (κ2) is 47.4. The molecule has 4 aromatic heterocycles. The molecule has 1 saturated heterocycles. The van der Waals surface area contributed by atoms with Gasteiger partial charge in [-0.25, -0.2) is 23.2 Å². The van der Waals surface area contributed by atoms with Crippen LogP contribution in [-0.4, -0.2) is 76.8 Å². The molecule has 14 aromatic rings. The second-order valence-corrected chi connectivity index (χ2v) is 41.0.